The molecule has 2 aliphatic rings. The molecule has 0 radical (unpaired) electrons. The molecule has 0 saturated heterocycles. The predicted molar refractivity (Wildman–Crippen MR) is 86.5 cm³/mol. The molecule has 1 saturated carbocycles. The van der Waals surface area contributed by atoms with Crippen LogP contribution in [0, 0.1) is 0 Å². The van der Waals surface area contributed by atoms with Crippen molar-refractivity contribution in [3.63, 3.8) is 0 Å². The van der Waals surface area contributed by atoms with Gasteiger partial charge < -0.3 is 14.8 Å². The molecule has 23 heavy (non-hydrogen) atoms. The van der Waals surface area contributed by atoms with Crippen LogP contribution in [0.1, 0.15) is 24.8 Å². The van der Waals surface area contributed by atoms with Gasteiger partial charge in [-0.05, 0) is 37.0 Å². The molecule has 1 aliphatic carbocycles. The monoisotopic (exact) mass is 309 g/mol. The number of rotatable bonds is 3. The highest BCUT2D eigenvalue weighted by Crippen LogP contribution is 2.41. The number of benzene rings is 2. The lowest BCUT2D eigenvalue weighted by Crippen LogP contribution is -2.56. The van der Waals surface area contributed by atoms with Gasteiger partial charge in [0.15, 0.2) is 11.5 Å². The van der Waals surface area contributed by atoms with Gasteiger partial charge in [-0.15, -0.1) is 0 Å². The second-order valence-electron chi connectivity index (χ2n) is 6.16. The number of amides is 1. The molecular weight excluding hydrogens is 290 g/mol. The number of ether oxygens (including phenoxy) is 2. The van der Waals surface area contributed by atoms with Crippen molar-refractivity contribution in [3.8, 4) is 11.5 Å². The zero-order valence-corrected chi connectivity index (χ0v) is 12.8. The van der Waals surface area contributed by atoms with E-state index < -0.39 is 6.10 Å². The van der Waals surface area contributed by atoms with Crippen LogP contribution in [0.15, 0.2) is 54.6 Å². The Balaban J connectivity index is 1.50. The van der Waals surface area contributed by atoms with Gasteiger partial charge in [0.1, 0.15) is 6.61 Å². The van der Waals surface area contributed by atoms with E-state index in [0.717, 1.165) is 24.8 Å². The Kier molecular flexibility index (Phi) is 3.45. The zero-order chi connectivity index (χ0) is 15.7. The second kappa shape index (κ2) is 5.61. The first-order valence-corrected chi connectivity index (χ1v) is 8.03. The lowest BCUT2D eigenvalue weighted by atomic mass is 9.71. The second-order valence-corrected chi connectivity index (χ2v) is 6.16. The summed E-state index contributed by atoms with van der Waals surface area (Å²) in [6, 6.07) is 17.6. The van der Waals surface area contributed by atoms with Crippen molar-refractivity contribution < 1.29 is 14.3 Å². The topological polar surface area (TPSA) is 47.6 Å². The highest BCUT2D eigenvalue weighted by atomic mass is 16.6. The quantitative estimate of drug-likeness (QED) is 0.948. The summed E-state index contributed by atoms with van der Waals surface area (Å²) in [6.07, 6.45) is 2.45. The normalized spacial score (nSPS) is 21.1. The molecule has 0 spiro atoms. The van der Waals surface area contributed by atoms with Crippen LogP contribution < -0.4 is 14.8 Å². The van der Waals surface area contributed by atoms with Crippen LogP contribution >= 0.6 is 0 Å². The number of para-hydroxylation sites is 2. The van der Waals surface area contributed by atoms with E-state index in [1.54, 1.807) is 0 Å². The van der Waals surface area contributed by atoms with Gasteiger partial charge in [0.25, 0.3) is 5.91 Å². The molecule has 1 unspecified atom stereocenters. The Labute approximate surface area is 135 Å². The van der Waals surface area contributed by atoms with Crippen molar-refractivity contribution in [2.75, 3.05) is 6.61 Å². The summed E-state index contributed by atoms with van der Waals surface area (Å²) in [5.74, 6) is 1.21. The lowest BCUT2D eigenvalue weighted by molar-refractivity contribution is -0.133. The Hall–Kier alpha value is -2.49. The molecule has 4 rings (SSSR count). The van der Waals surface area contributed by atoms with Crippen LogP contribution in [0.4, 0.5) is 0 Å². The third-order valence-corrected chi connectivity index (χ3v) is 4.70. The first kappa shape index (κ1) is 14.1. The number of hydrogen-bond donors (Lipinski definition) is 1. The van der Waals surface area contributed by atoms with Crippen molar-refractivity contribution in [2.24, 2.45) is 0 Å². The zero-order valence-electron chi connectivity index (χ0n) is 12.8. The molecule has 0 bridgehead atoms. The van der Waals surface area contributed by atoms with Crippen LogP contribution in [0.3, 0.4) is 0 Å². The minimum absolute atomic E-state index is 0.108. The Morgan fingerprint density at radius 2 is 1.70 bits per heavy atom. The van der Waals surface area contributed by atoms with Gasteiger partial charge in [-0.2, -0.15) is 0 Å². The summed E-state index contributed by atoms with van der Waals surface area (Å²) in [4.78, 5) is 12.7. The van der Waals surface area contributed by atoms with Crippen LogP contribution in [-0.2, 0) is 10.3 Å². The van der Waals surface area contributed by atoms with Gasteiger partial charge in [0.2, 0.25) is 6.10 Å². The molecule has 4 heteroatoms. The largest absolute Gasteiger partial charge is 0.485 e. The molecule has 1 N–H and O–H groups in total. The van der Waals surface area contributed by atoms with Gasteiger partial charge >= 0.3 is 0 Å². The minimum atomic E-state index is -0.605. The number of fused-ring (bicyclic) bond motifs is 1. The highest BCUT2D eigenvalue weighted by molar-refractivity contribution is 5.83. The Morgan fingerprint density at radius 1 is 1.00 bits per heavy atom. The number of carbonyl (C=O) groups is 1. The van der Waals surface area contributed by atoms with Crippen LogP contribution in [0.5, 0.6) is 11.5 Å². The molecule has 1 atom stereocenters. The number of nitrogens with one attached hydrogen (secondary N) is 1. The third kappa shape index (κ3) is 2.54. The van der Waals surface area contributed by atoms with Gasteiger partial charge in [-0.1, -0.05) is 42.5 Å². The summed E-state index contributed by atoms with van der Waals surface area (Å²) in [6.45, 7) is 0.244. The van der Waals surface area contributed by atoms with E-state index in [1.165, 1.54) is 0 Å². The van der Waals surface area contributed by atoms with E-state index in [9.17, 15) is 4.79 Å². The molecule has 1 fully saturated rings. The van der Waals surface area contributed by atoms with E-state index in [-0.39, 0.29) is 18.1 Å². The van der Waals surface area contributed by atoms with E-state index >= 15 is 0 Å². The van der Waals surface area contributed by atoms with Crippen LogP contribution in [0.2, 0.25) is 0 Å². The van der Waals surface area contributed by atoms with Crippen LogP contribution in [-0.4, -0.2) is 18.6 Å². The molecule has 1 amide bonds. The van der Waals surface area contributed by atoms with Crippen molar-refractivity contribution in [1.29, 1.82) is 0 Å². The SMILES string of the molecule is O=C(NC1(c2ccccc2)CCC1)C1COc2ccccc2O1. The minimum Gasteiger partial charge on any atom is -0.485 e. The Morgan fingerprint density at radius 3 is 2.39 bits per heavy atom. The molecule has 0 aromatic heterocycles. The standard InChI is InChI=1S/C19H19NO3/c21-18(17-13-22-15-9-4-5-10-16(15)23-17)20-19(11-6-12-19)14-7-2-1-3-8-14/h1-5,7-10,17H,6,11-13H2,(H,20,21). The van der Waals surface area contributed by atoms with Gasteiger partial charge in [-0.25, -0.2) is 0 Å². The van der Waals surface area contributed by atoms with Crippen molar-refractivity contribution >= 4 is 5.91 Å². The van der Waals surface area contributed by atoms with Crippen molar-refractivity contribution in [1.82, 2.24) is 5.32 Å². The average molecular weight is 309 g/mol. The summed E-state index contributed by atoms with van der Waals surface area (Å²) in [7, 11) is 0. The maximum Gasteiger partial charge on any atom is 0.265 e. The third-order valence-electron chi connectivity index (χ3n) is 4.70. The molecule has 2 aromatic rings. The maximum atomic E-state index is 12.7. The fourth-order valence-electron chi connectivity index (χ4n) is 3.24. The van der Waals surface area contributed by atoms with Crippen molar-refractivity contribution in [2.45, 2.75) is 30.9 Å². The van der Waals surface area contributed by atoms with E-state index in [1.807, 2.05) is 42.5 Å². The van der Waals surface area contributed by atoms with Gasteiger partial charge in [0.05, 0.1) is 5.54 Å². The lowest BCUT2D eigenvalue weighted by Gasteiger charge is -2.44. The van der Waals surface area contributed by atoms with E-state index in [2.05, 4.69) is 17.4 Å². The predicted octanol–water partition coefficient (Wildman–Crippen LogP) is 3.02. The number of hydrogen-bond acceptors (Lipinski definition) is 3. The molecule has 2 aromatic carbocycles. The first-order chi connectivity index (χ1) is 11.3. The Bertz CT molecular complexity index is 710. The molecule has 1 heterocycles. The number of carbonyl (C=O) groups excluding carboxylic acids is 1. The summed E-state index contributed by atoms with van der Waals surface area (Å²) < 4.78 is 11.5. The fraction of sp³-hybridized carbons (Fsp3) is 0.316. The fourth-order valence-corrected chi connectivity index (χ4v) is 3.24. The molecule has 118 valence electrons. The molecular formula is C19H19NO3. The smallest absolute Gasteiger partial charge is 0.265 e. The maximum absolute atomic E-state index is 12.7. The molecule has 1 aliphatic heterocycles. The van der Waals surface area contributed by atoms with Crippen LogP contribution in [0.25, 0.3) is 0 Å². The average Bonchev–Trinajstić information content (AvgIpc) is 2.58. The summed E-state index contributed by atoms with van der Waals surface area (Å²) in [5, 5.41) is 3.20. The highest BCUT2D eigenvalue weighted by Gasteiger charge is 2.42. The summed E-state index contributed by atoms with van der Waals surface area (Å²) in [5.41, 5.74) is 0.912. The van der Waals surface area contributed by atoms with E-state index in [4.69, 9.17) is 9.47 Å². The van der Waals surface area contributed by atoms with Gasteiger partial charge in [-0.3, -0.25) is 4.79 Å². The van der Waals surface area contributed by atoms with Crippen molar-refractivity contribution in [3.05, 3.63) is 60.2 Å². The summed E-state index contributed by atoms with van der Waals surface area (Å²) >= 11 is 0. The van der Waals surface area contributed by atoms with E-state index in [0.29, 0.717) is 11.5 Å². The van der Waals surface area contributed by atoms with Gasteiger partial charge in [0, 0.05) is 0 Å². The molecule has 4 nitrogen and oxygen atoms in total. The first-order valence-electron chi connectivity index (χ1n) is 8.03.